The minimum absolute atomic E-state index is 0.0951. The number of nitriles is 1. The first kappa shape index (κ1) is 16.5. The van der Waals surface area contributed by atoms with Crippen LogP contribution in [0.5, 0.6) is 0 Å². The lowest BCUT2D eigenvalue weighted by Crippen LogP contribution is -2.45. The van der Waals surface area contributed by atoms with Crippen molar-refractivity contribution < 1.29 is 4.92 Å². The molecule has 0 radical (unpaired) electrons. The van der Waals surface area contributed by atoms with E-state index < -0.39 is 10.5 Å². The van der Waals surface area contributed by atoms with Crippen LogP contribution in [-0.2, 0) is 0 Å². The number of benzene rings is 1. The average Bonchev–Trinajstić information content (AvgIpc) is 2.38. The maximum Gasteiger partial charge on any atom is 0.269 e. The van der Waals surface area contributed by atoms with Gasteiger partial charge in [0.15, 0.2) is 0 Å². The Morgan fingerprint density at radius 2 is 2.05 bits per heavy atom. The average molecular weight is 293 g/mol. The van der Waals surface area contributed by atoms with Gasteiger partial charge in [0.05, 0.1) is 11.0 Å². The van der Waals surface area contributed by atoms with E-state index in [1.165, 1.54) is 12.1 Å². The fourth-order valence-corrected chi connectivity index (χ4v) is 2.91. The SMILES string of the molecule is CC(C)NC(C)(C#N)CCSc1ccc([N+](=O)[O-])cc1. The van der Waals surface area contributed by atoms with Crippen molar-refractivity contribution in [1.29, 1.82) is 5.26 Å². The summed E-state index contributed by atoms with van der Waals surface area (Å²) in [5, 5.41) is 23.0. The van der Waals surface area contributed by atoms with Gasteiger partial charge in [-0.05, 0) is 39.3 Å². The summed E-state index contributed by atoms with van der Waals surface area (Å²) in [5.41, 5.74) is -0.445. The van der Waals surface area contributed by atoms with Crippen molar-refractivity contribution in [3.63, 3.8) is 0 Å². The molecule has 0 aliphatic rings. The third-order valence-electron chi connectivity index (χ3n) is 2.77. The second kappa shape index (κ2) is 7.27. The normalized spacial score (nSPS) is 13.8. The topological polar surface area (TPSA) is 79.0 Å². The van der Waals surface area contributed by atoms with Crippen molar-refractivity contribution >= 4 is 17.4 Å². The van der Waals surface area contributed by atoms with Crippen LogP contribution in [0.15, 0.2) is 29.2 Å². The highest BCUT2D eigenvalue weighted by Crippen LogP contribution is 2.24. The second-order valence-electron chi connectivity index (χ2n) is 5.09. The van der Waals surface area contributed by atoms with Gasteiger partial charge in [-0.2, -0.15) is 5.26 Å². The largest absolute Gasteiger partial charge is 0.297 e. The van der Waals surface area contributed by atoms with Gasteiger partial charge < -0.3 is 0 Å². The van der Waals surface area contributed by atoms with Gasteiger partial charge >= 0.3 is 0 Å². The summed E-state index contributed by atoms with van der Waals surface area (Å²) in [5.74, 6) is 0.779. The standard InChI is InChI=1S/C14H19N3O2S/c1-11(2)16-14(3,10-15)8-9-20-13-6-4-12(5-7-13)17(18)19/h4-7,11,16H,8-9H2,1-3H3. The molecule has 0 aliphatic heterocycles. The number of rotatable bonds is 7. The Morgan fingerprint density at radius 1 is 1.45 bits per heavy atom. The molecule has 1 aromatic rings. The fraction of sp³-hybridized carbons (Fsp3) is 0.500. The third kappa shape index (κ3) is 5.19. The zero-order valence-corrected chi connectivity index (χ0v) is 12.7. The van der Waals surface area contributed by atoms with Crippen LogP contribution in [0.2, 0.25) is 0 Å². The monoisotopic (exact) mass is 293 g/mol. The summed E-state index contributed by atoms with van der Waals surface area (Å²) >= 11 is 1.60. The maximum absolute atomic E-state index is 10.6. The molecule has 6 heteroatoms. The molecule has 0 heterocycles. The Hall–Kier alpha value is -1.58. The predicted octanol–water partition coefficient (Wildman–Crippen LogP) is 3.36. The number of thioether (sulfide) groups is 1. The van der Waals surface area contributed by atoms with Crippen molar-refractivity contribution in [3.8, 4) is 6.07 Å². The summed E-state index contributed by atoms with van der Waals surface area (Å²) in [4.78, 5) is 11.1. The Kier molecular flexibility index (Phi) is 5.99. The molecule has 1 rings (SSSR count). The first-order valence-electron chi connectivity index (χ1n) is 6.42. The molecule has 0 aromatic heterocycles. The number of nitro groups is 1. The van der Waals surface area contributed by atoms with E-state index in [1.807, 2.05) is 20.8 Å². The smallest absolute Gasteiger partial charge is 0.269 e. The number of nitrogens with zero attached hydrogens (tertiary/aromatic N) is 2. The zero-order valence-electron chi connectivity index (χ0n) is 11.9. The van der Waals surface area contributed by atoms with Crippen molar-refractivity contribution in [2.75, 3.05) is 5.75 Å². The molecule has 0 aliphatic carbocycles. The van der Waals surface area contributed by atoms with Crippen molar-refractivity contribution in [2.24, 2.45) is 0 Å². The number of hydrogen-bond donors (Lipinski definition) is 1. The third-order valence-corrected chi connectivity index (χ3v) is 3.79. The van der Waals surface area contributed by atoms with Gasteiger partial charge in [-0.25, -0.2) is 0 Å². The molecular weight excluding hydrogens is 274 g/mol. The van der Waals surface area contributed by atoms with E-state index in [9.17, 15) is 15.4 Å². The molecule has 0 saturated carbocycles. The van der Waals surface area contributed by atoms with E-state index in [0.29, 0.717) is 6.42 Å². The van der Waals surface area contributed by atoms with Crippen LogP contribution in [0.4, 0.5) is 5.69 Å². The van der Waals surface area contributed by atoms with Crippen molar-refractivity contribution in [1.82, 2.24) is 5.32 Å². The van der Waals surface area contributed by atoms with Crippen LogP contribution in [-0.4, -0.2) is 22.3 Å². The quantitative estimate of drug-likeness (QED) is 0.474. The van der Waals surface area contributed by atoms with E-state index in [2.05, 4.69) is 11.4 Å². The minimum atomic E-state index is -0.540. The highest BCUT2D eigenvalue weighted by atomic mass is 32.2. The van der Waals surface area contributed by atoms with Crippen LogP contribution < -0.4 is 5.32 Å². The first-order chi connectivity index (χ1) is 9.36. The Morgan fingerprint density at radius 3 is 2.50 bits per heavy atom. The van der Waals surface area contributed by atoms with E-state index >= 15 is 0 Å². The predicted molar refractivity (Wildman–Crippen MR) is 80.7 cm³/mol. The lowest BCUT2D eigenvalue weighted by molar-refractivity contribution is -0.384. The highest BCUT2D eigenvalue weighted by molar-refractivity contribution is 7.99. The molecule has 20 heavy (non-hydrogen) atoms. The molecule has 0 amide bonds. The molecular formula is C14H19N3O2S. The second-order valence-corrected chi connectivity index (χ2v) is 6.26. The summed E-state index contributed by atoms with van der Waals surface area (Å²) in [6, 6.07) is 9.03. The lowest BCUT2D eigenvalue weighted by Gasteiger charge is -2.25. The summed E-state index contributed by atoms with van der Waals surface area (Å²) in [6.07, 6.45) is 0.712. The van der Waals surface area contributed by atoms with Crippen LogP contribution in [0.25, 0.3) is 0 Å². The molecule has 1 N–H and O–H groups in total. The van der Waals surface area contributed by atoms with Crippen LogP contribution in [0, 0.1) is 21.4 Å². The van der Waals surface area contributed by atoms with E-state index in [4.69, 9.17) is 0 Å². The Labute approximate surface area is 123 Å². The highest BCUT2D eigenvalue weighted by Gasteiger charge is 2.23. The zero-order chi connectivity index (χ0) is 15.2. The fourth-order valence-electron chi connectivity index (χ4n) is 1.83. The summed E-state index contributed by atoms with van der Waals surface area (Å²) in [7, 11) is 0. The van der Waals surface area contributed by atoms with Gasteiger partial charge in [-0.15, -0.1) is 11.8 Å². The summed E-state index contributed by atoms with van der Waals surface area (Å²) in [6.45, 7) is 5.92. The molecule has 108 valence electrons. The van der Waals surface area contributed by atoms with Crippen LogP contribution in [0.1, 0.15) is 27.2 Å². The molecule has 0 spiro atoms. The number of nitrogens with one attached hydrogen (secondary N) is 1. The maximum atomic E-state index is 10.6. The van der Waals surface area contributed by atoms with Gasteiger partial charge in [-0.1, -0.05) is 0 Å². The van der Waals surface area contributed by atoms with E-state index in [-0.39, 0.29) is 11.7 Å². The van der Waals surface area contributed by atoms with Gasteiger partial charge in [0.25, 0.3) is 5.69 Å². The lowest BCUT2D eigenvalue weighted by atomic mass is 10.0. The number of hydrogen-bond acceptors (Lipinski definition) is 5. The van der Waals surface area contributed by atoms with Crippen molar-refractivity contribution in [3.05, 3.63) is 34.4 Å². The van der Waals surface area contributed by atoms with Gasteiger partial charge in [0.1, 0.15) is 5.54 Å². The molecule has 5 nitrogen and oxygen atoms in total. The van der Waals surface area contributed by atoms with Gasteiger partial charge in [0.2, 0.25) is 0 Å². The van der Waals surface area contributed by atoms with E-state index in [1.54, 1.807) is 23.9 Å². The van der Waals surface area contributed by atoms with E-state index in [0.717, 1.165) is 10.6 Å². The van der Waals surface area contributed by atoms with Crippen LogP contribution >= 0.6 is 11.8 Å². The minimum Gasteiger partial charge on any atom is -0.297 e. The molecule has 0 bridgehead atoms. The van der Waals surface area contributed by atoms with Crippen molar-refractivity contribution in [2.45, 2.75) is 43.7 Å². The molecule has 0 fully saturated rings. The summed E-state index contributed by atoms with van der Waals surface area (Å²) < 4.78 is 0. The molecule has 1 aromatic carbocycles. The molecule has 1 unspecified atom stereocenters. The number of non-ortho nitro benzene ring substituents is 1. The first-order valence-corrected chi connectivity index (χ1v) is 7.41. The van der Waals surface area contributed by atoms with Crippen LogP contribution in [0.3, 0.4) is 0 Å². The van der Waals surface area contributed by atoms with Gasteiger partial charge in [0, 0.05) is 28.8 Å². The molecule has 0 saturated heterocycles. The van der Waals surface area contributed by atoms with Gasteiger partial charge in [-0.3, -0.25) is 15.4 Å². The Balaban J connectivity index is 2.51. The Bertz CT molecular complexity index is 496. The number of nitro benzene ring substituents is 1. The molecule has 1 atom stereocenters.